The lowest BCUT2D eigenvalue weighted by atomic mass is 9.76. The molecule has 4 aromatic rings. The Balaban J connectivity index is 1.09. The maximum atomic E-state index is 17.2. The van der Waals surface area contributed by atoms with E-state index in [9.17, 15) is 18.3 Å². The molecule has 3 aliphatic heterocycles. The minimum atomic E-state index is -4.39. The Morgan fingerprint density at radius 2 is 1.87 bits per heavy atom. The van der Waals surface area contributed by atoms with Crippen molar-refractivity contribution in [3.63, 3.8) is 0 Å². The van der Waals surface area contributed by atoms with E-state index in [2.05, 4.69) is 26.4 Å². The Kier molecular flexibility index (Phi) is 9.25. The van der Waals surface area contributed by atoms with E-state index < -0.39 is 35.4 Å². The second-order valence-electron chi connectivity index (χ2n) is 16.0. The van der Waals surface area contributed by atoms with Crippen LogP contribution in [0, 0.1) is 35.8 Å². The average Bonchev–Trinajstić information content (AvgIpc) is 3.80. The van der Waals surface area contributed by atoms with Crippen molar-refractivity contribution in [2.24, 2.45) is 11.8 Å². The van der Waals surface area contributed by atoms with Gasteiger partial charge in [-0.05, 0) is 106 Å². The van der Waals surface area contributed by atoms with Gasteiger partial charge in [-0.1, -0.05) is 12.0 Å². The average molecular weight is 763 g/mol. The molecule has 2 saturated carbocycles. The third kappa shape index (κ3) is 6.61. The Labute approximate surface area is 315 Å². The zero-order valence-electron chi connectivity index (χ0n) is 30.3. The summed E-state index contributed by atoms with van der Waals surface area (Å²) in [5.41, 5.74) is 0.0313. The summed E-state index contributed by atoms with van der Waals surface area (Å²) in [5, 5.41) is 18.9. The summed E-state index contributed by atoms with van der Waals surface area (Å²) in [6.45, 7) is 2.04. The molecule has 4 fully saturated rings. The van der Waals surface area contributed by atoms with E-state index >= 15 is 8.78 Å². The Morgan fingerprint density at radius 1 is 1.02 bits per heavy atom. The monoisotopic (exact) mass is 762 g/mol. The van der Waals surface area contributed by atoms with Crippen LogP contribution in [0.25, 0.3) is 32.9 Å². The van der Waals surface area contributed by atoms with Gasteiger partial charge in [0.25, 0.3) is 0 Å². The standard InChI is InChI=1S/C41H43F5N6O3/c1-2-27-29(42)9-6-24-18-26(53)19-28(32(24)27)35-34(43)36-33-31(49-35)11-8-22-7-10-30(22)47-15-16-48-38(33)51-39(50-36)55-21-40-13-3-17-52(40)25(12-14-40)20-54-37(23-4-5-23)41(44,45)46/h1,6,9,18-19,22-23,25,30,37,47,53H,3-5,7-8,10-17,20-21H2,(H,48,50,51)/t22?,25-,30-,37?,40?/m0/s1. The molecule has 3 N–H and O–H groups in total. The highest BCUT2D eigenvalue weighted by atomic mass is 19.4. The number of rotatable bonds is 8. The van der Waals surface area contributed by atoms with Gasteiger partial charge in [-0.15, -0.1) is 6.42 Å². The summed E-state index contributed by atoms with van der Waals surface area (Å²) < 4.78 is 85.5. The maximum absolute atomic E-state index is 17.2. The highest BCUT2D eigenvalue weighted by Gasteiger charge is 2.53. The molecule has 2 saturated heterocycles. The number of aryl methyl sites for hydroxylation is 1. The molecule has 0 radical (unpaired) electrons. The van der Waals surface area contributed by atoms with Crippen molar-refractivity contribution in [1.82, 2.24) is 25.2 Å². The number of halogens is 5. The van der Waals surface area contributed by atoms with Gasteiger partial charge in [0, 0.05) is 36.1 Å². The van der Waals surface area contributed by atoms with Crippen LogP contribution in [0.2, 0.25) is 0 Å². The van der Waals surface area contributed by atoms with Crippen molar-refractivity contribution in [3.8, 4) is 35.4 Å². The highest BCUT2D eigenvalue weighted by molar-refractivity contribution is 6.03. The number of aromatic hydroxyl groups is 1. The van der Waals surface area contributed by atoms with E-state index in [1.807, 2.05) is 0 Å². The summed E-state index contributed by atoms with van der Waals surface area (Å²) in [6.07, 6.45) is 7.15. The number of nitrogens with one attached hydrogen (secondary N) is 2. The van der Waals surface area contributed by atoms with Crippen molar-refractivity contribution in [1.29, 1.82) is 0 Å². The molecule has 55 heavy (non-hydrogen) atoms. The molecule has 2 aromatic carbocycles. The predicted octanol–water partition coefficient (Wildman–Crippen LogP) is 7.27. The first-order valence-electron chi connectivity index (χ1n) is 19.4. The van der Waals surface area contributed by atoms with E-state index in [0.29, 0.717) is 86.0 Å². The van der Waals surface area contributed by atoms with Gasteiger partial charge in [0.15, 0.2) is 11.9 Å². The van der Waals surface area contributed by atoms with Crippen molar-refractivity contribution in [2.45, 2.75) is 94.1 Å². The van der Waals surface area contributed by atoms with E-state index in [0.717, 1.165) is 32.1 Å². The Bertz CT molecular complexity index is 2190. The van der Waals surface area contributed by atoms with Crippen LogP contribution in [0.5, 0.6) is 11.8 Å². The highest BCUT2D eigenvalue weighted by Crippen LogP contribution is 2.46. The molecule has 290 valence electrons. The second kappa shape index (κ2) is 14.0. The first-order valence-corrected chi connectivity index (χ1v) is 19.4. The zero-order chi connectivity index (χ0) is 38.1. The summed E-state index contributed by atoms with van der Waals surface area (Å²) in [7, 11) is 0. The normalized spacial score (nSPS) is 26.1. The number of benzene rings is 2. The molecule has 5 aliphatic rings. The lowest BCUT2D eigenvalue weighted by Crippen LogP contribution is -2.48. The van der Waals surface area contributed by atoms with Crippen LogP contribution in [0.1, 0.15) is 69.0 Å². The fourth-order valence-electron chi connectivity index (χ4n) is 9.57. The Hall–Kier alpha value is -4.32. The lowest BCUT2D eigenvalue weighted by Gasteiger charge is -2.37. The van der Waals surface area contributed by atoms with Gasteiger partial charge < -0.3 is 25.2 Å². The van der Waals surface area contributed by atoms with E-state index in [1.165, 1.54) is 24.3 Å². The van der Waals surface area contributed by atoms with Gasteiger partial charge in [-0.2, -0.15) is 23.1 Å². The molecule has 0 spiro atoms. The fraction of sp³-hybridized carbons (Fsp3) is 0.537. The molecule has 5 heterocycles. The fourth-order valence-corrected chi connectivity index (χ4v) is 9.57. The number of nitrogens with zero attached hydrogens (tertiary/aromatic N) is 4. The molecule has 14 heteroatoms. The van der Waals surface area contributed by atoms with Gasteiger partial charge in [0.2, 0.25) is 0 Å². The van der Waals surface area contributed by atoms with E-state index in [1.54, 1.807) is 0 Å². The largest absolute Gasteiger partial charge is 0.508 e. The molecule has 0 bridgehead atoms. The summed E-state index contributed by atoms with van der Waals surface area (Å²) in [6, 6.07) is 5.62. The van der Waals surface area contributed by atoms with Crippen LogP contribution in [0.3, 0.4) is 0 Å². The van der Waals surface area contributed by atoms with E-state index in [4.69, 9.17) is 25.9 Å². The van der Waals surface area contributed by atoms with Gasteiger partial charge in [0.1, 0.15) is 35.2 Å². The minimum absolute atomic E-state index is 0.00248. The van der Waals surface area contributed by atoms with Gasteiger partial charge in [-0.3, -0.25) is 4.90 Å². The number of aromatic nitrogens is 3. The smallest absolute Gasteiger partial charge is 0.414 e. The third-order valence-electron chi connectivity index (χ3n) is 12.6. The van der Waals surface area contributed by atoms with Crippen LogP contribution < -0.4 is 15.4 Å². The number of phenols is 1. The van der Waals surface area contributed by atoms with Crippen molar-refractivity contribution in [2.75, 3.05) is 38.2 Å². The molecule has 2 aliphatic carbocycles. The van der Waals surface area contributed by atoms with Crippen LogP contribution in [-0.4, -0.2) is 87.7 Å². The summed E-state index contributed by atoms with van der Waals surface area (Å²) >= 11 is 0. The van der Waals surface area contributed by atoms with E-state index in [-0.39, 0.29) is 58.7 Å². The number of hydrogen-bond acceptors (Lipinski definition) is 9. The van der Waals surface area contributed by atoms with Crippen LogP contribution >= 0.6 is 0 Å². The van der Waals surface area contributed by atoms with Crippen LogP contribution in [-0.2, 0) is 11.2 Å². The van der Waals surface area contributed by atoms with Gasteiger partial charge >= 0.3 is 12.2 Å². The topological polar surface area (TPSA) is 105 Å². The van der Waals surface area contributed by atoms with Gasteiger partial charge in [-0.25, -0.2) is 13.8 Å². The quantitative estimate of drug-likeness (QED) is 0.126. The summed E-state index contributed by atoms with van der Waals surface area (Å²) in [4.78, 5) is 16.6. The lowest BCUT2D eigenvalue weighted by molar-refractivity contribution is -0.230. The second-order valence-corrected chi connectivity index (χ2v) is 16.0. The molecule has 2 aromatic heterocycles. The van der Waals surface area contributed by atoms with Crippen LogP contribution in [0.4, 0.5) is 27.8 Å². The van der Waals surface area contributed by atoms with Crippen LogP contribution in [0.15, 0.2) is 24.3 Å². The SMILES string of the molecule is C#Cc1c(F)ccc2cc(O)cc(-c3nc4c5c(nc(OCC67CCCN6[C@H](COC(C6CC6)C(F)(F)F)CC7)nc5c3F)NCCN[C@H]3CCC3CC4)c12. The number of alkyl halides is 3. The molecule has 0 amide bonds. The molecular weight excluding hydrogens is 719 g/mol. The molecule has 9 nitrogen and oxygen atoms in total. The molecule has 3 unspecified atom stereocenters. The number of pyridine rings is 1. The first kappa shape index (κ1) is 36.3. The molecule has 9 rings (SSSR count). The maximum Gasteiger partial charge on any atom is 0.414 e. The Morgan fingerprint density at radius 3 is 2.64 bits per heavy atom. The number of terminal acetylenes is 1. The number of ether oxygens (including phenoxy) is 2. The third-order valence-corrected chi connectivity index (χ3v) is 12.6. The number of fused-ring (bicyclic) bond motifs is 3. The number of hydrogen-bond donors (Lipinski definition) is 3. The molecular formula is C41H43F5N6O3. The van der Waals surface area contributed by atoms with Gasteiger partial charge in [0.05, 0.1) is 28.8 Å². The first-order chi connectivity index (χ1) is 26.5. The zero-order valence-corrected chi connectivity index (χ0v) is 30.3. The number of anilines is 1. The van der Waals surface area contributed by atoms with Crippen molar-refractivity contribution in [3.05, 3.63) is 47.2 Å². The summed E-state index contributed by atoms with van der Waals surface area (Å²) in [5.74, 6) is 1.12. The molecule has 5 atom stereocenters. The number of phenolic OH excluding ortho intramolecular Hbond substituents is 1. The van der Waals surface area contributed by atoms with Crippen molar-refractivity contribution < 1.29 is 36.5 Å². The minimum Gasteiger partial charge on any atom is -0.508 e. The van der Waals surface area contributed by atoms with Crippen molar-refractivity contribution >= 4 is 27.5 Å². The predicted molar refractivity (Wildman–Crippen MR) is 197 cm³/mol.